The minimum absolute atomic E-state index is 0.114. The maximum atomic E-state index is 13.2. The van der Waals surface area contributed by atoms with Gasteiger partial charge < -0.3 is 19.7 Å². The number of thioether (sulfide) groups is 2. The van der Waals surface area contributed by atoms with Crippen LogP contribution in [-0.4, -0.2) is 77.2 Å². The predicted octanol–water partition coefficient (Wildman–Crippen LogP) is 1.46. The molecular formula is C20H20N4O6S4. The molecule has 0 aliphatic carbocycles. The van der Waals surface area contributed by atoms with Crippen molar-refractivity contribution in [2.75, 3.05) is 24.4 Å². The number of carboxylic acids is 1. The fourth-order valence-electron chi connectivity index (χ4n) is 3.56. The summed E-state index contributed by atoms with van der Waals surface area (Å²) < 4.78 is 22.7. The highest BCUT2D eigenvalue weighted by atomic mass is 32.2. The zero-order chi connectivity index (χ0) is 24.5. The number of amides is 2. The van der Waals surface area contributed by atoms with Gasteiger partial charge in [0.25, 0.3) is 17.5 Å². The van der Waals surface area contributed by atoms with Crippen LogP contribution in [0.2, 0.25) is 0 Å². The number of carboxylic acid groups (broad SMARTS) is 1. The van der Waals surface area contributed by atoms with Gasteiger partial charge in [-0.25, -0.2) is 9.78 Å². The number of β-lactam (4-membered cyclic amide) rings is 1. The van der Waals surface area contributed by atoms with Gasteiger partial charge in [0.05, 0.1) is 0 Å². The molecule has 4 rings (SSSR count). The van der Waals surface area contributed by atoms with Crippen LogP contribution in [0, 0.1) is 6.92 Å². The summed E-state index contributed by atoms with van der Waals surface area (Å²) in [5, 5.41) is 11.7. The summed E-state index contributed by atoms with van der Waals surface area (Å²) in [6.45, 7) is 1.77. The zero-order valence-corrected chi connectivity index (χ0v) is 21.3. The van der Waals surface area contributed by atoms with Crippen LogP contribution in [0.5, 0.6) is 0 Å². The second kappa shape index (κ2) is 10.3. The molecule has 0 bridgehead atoms. The lowest BCUT2D eigenvalue weighted by molar-refractivity contribution is -0.192. The van der Waals surface area contributed by atoms with E-state index >= 15 is 0 Å². The van der Waals surface area contributed by atoms with Gasteiger partial charge in [-0.05, 0) is 47.3 Å². The van der Waals surface area contributed by atoms with Gasteiger partial charge in [-0.3, -0.25) is 14.5 Å². The van der Waals surface area contributed by atoms with E-state index in [9.17, 15) is 24.0 Å². The highest BCUT2D eigenvalue weighted by Crippen LogP contribution is 2.47. The molecule has 2 amide bonds. The number of fused-ring (bicyclic) bond motifs is 1. The van der Waals surface area contributed by atoms with Crippen LogP contribution in [0.25, 0.3) is 0 Å². The molecular weight excluding hydrogens is 521 g/mol. The second-order valence-electron chi connectivity index (χ2n) is 7.28. The second-order valence-corrected chi connectivity index (χ2v) is 11.8. The van der Waals surface area contributed by atoms with Gasteiger partial charge in [0.15, 0.2) is 15.0 Å². The van der Waals surface area contributed by atoms with Crippen molar-refractivity contribution in [1.29, 1.82) is 0 Å². The number of benzene rings is 1. The molecule has 34 heavy (non-hydrogen) atoms. The van der Waals surface area contributed by atoms with Crippen molar-refractivity contribution in [3.05, 3.63) is 47.4 Å². The minimum atomic E-state index is -1.72. The van der Waals surface area contributed by atoms with Gasteiger partial charge in [0, 0.05) is 18.6 Å². The quantitative estimate of drug-likeness (QED) is 0.207. The Hall–Kier alpha value is -2.10. The van der Waals surface area contributed by atoms with Gasteiger partial charge in [-0.2, -0.15) is 4.37 Å². The van der Waals surface area contributed by atoms with Crippen LogP contribution in [0.4, 0.5) is 0 Å². The number of nitrogens with one attached hydrogen (secondary N) is 1. The summed E-state index contributed by atoms with van der Waals surface area (Å²) in [6, 6.07) is 8.51. The summed E-state index contributed by atoms with van der Waals surface area (Å²) in [7, 11) is 1.28. The number of aliphatic carboxylic acids is 1. The number of carbonyl (C=O) groups is 3. The van der Waals surface area contributed by atoms with E-state index < -0.39 is 40.1 Å². The Labute approximate surface area is 210 Å². The average Bonchev–Trinajstić information content (AvgIpc) is 3.25. The van der Waals surface area contributed by atoms with E-state index in [2.05, 4.69) is 14.7 Å². The van der Waals surface area contributed by atoms with Crippen molar-refractivity contribution < 1.29 is 28.8 Å². The molecule has 180 valence electrons. The van der Waals surface area contributed by atoms with Gasteiger partial charge in [0.2, 0.25) is 0 Å². The Kier molecular flexibility index (Phi) is 7.54. The summed E-state index contributed by atoms with van der Waals surface area (Å²) in [4.78, 5) is 43.8. The van der Waals surface area contributed by atoms with Gasteiger partial charge in [-0.1, -0.05) is 30.0 Å². The summed E-state index contributed by atoms with van der Waals surface area (Å²) in [5.41, 5.74) is -1.27. The lowest BCUT2D eigenvalue weighted by atomic mass is 9.98. The molecule has 0 saturated carbocycles. The number of methoxy groups -OCH3 is 1. The number of ether oxygens (including phenoxy) is 1. The molecule has 1 fully saturated rings. The molecule has 2 aliphatic rings. The lowest BCUT2D eigenvalue weighted by Crippen LogP contribution is -2.81. The summed E-state index contributed by atoms with van der Waals surface area (Å²) >= 11 is 2.28. The number of hydrogen-bond acceptors (Lipinski definition) is 10. The third-order valence-electron chi connectivity index (χ3n) is 5.11. The topological polar surface area (TPSA) is 145 Å². The molecule has 1 unspecified atom stereocenters. The highest BCUT2D eigenvalue weighted by molar-refractivity contribution is 8.01. The van der Waals surface area contributed by atoms with Crippen LogP contribution in [0.1, 0.15) is 5.82 Å². The molecule has 3 heterocycles. The molecule has 10 nitrogen and oxygen atoms in total. The molecule has 2 aliphatic heterocycles. The molecule has 0 radical (unpaired) electrons. The monoisotopic (exact) mass is 540 g/mol. The molecule has 14 heteroatoms. The number of rotatable bonds is 9. The summed E-state index contributed by atoms with van der Waals surface area (Å²) in [5.74, 6) is -1.59. The van der Waals surface area contributed by atoms with E-state index in [0.717, 1.165) is 4.90 Å². The molecule has 1 aromatic heterocycles. The van der Waals surface area contributed by atoms with Crippen molar-refractivity contribution in [2.24, 2.45) is 0 Å². The van der Waals surface area contributed by atoms with Crippen LogP contribution in [0.3, 0.4) is 0 Å². The first-order chi connectivity index (χ1) is 16.3. The number of nitrogens with zero attached hydrogens (tertiary/aromatic N) is 3. The van der Waals surface area contributed by atoms with Crippen molar-refractivity contribution in [1.82, 2.24) is 19.6 Å². The Morgan fingerprint density at radius 3 is 2.76 bits per heavy atom. The van der Waals surface area contributed by atoms with Gasteiger partial charge >= 0.3 is 5.97 Å². The first kappa shape index (κ1) is 25.0. The number of aryl methyl sites for hydroxylation is 1. The largest absolute Gasteiger partial charge is 0.611 e. The van der Waals surface area contributed by atoms with Crippen molar-refractivity contribution in [3.8, 4) is 0 Å². The molecule has 2 aromatic rings. The minimum Gasteiger partial charge on any atom is -0.611 e. The SMILES string of the molecule is CO[C@@]1(NC(=O)C[S+]([O-])c2ccccc2)C(=O)N2C(C(=O)O)=C(CSc3nc(C)ns3)CS[C@H]21. The van der Waals surface area contributed by atoms with Gasteiger partial charge in [-0.15, -0.1) is 11.8 Å². The fourth-order valence-corrected chi connectivity index (χ4v) is 7.72. The third-order valence-corrected chi connectivity index (χ3v) is 9.81. The lowest BCUT2D eigenvalue weighted by Gasteiger charge is -2.55. The standard InChI is InChI=1S/C20H20N4O6S4/c1-11-21-19(33-23-11)32-9-12-8-31-18-20(30-2,17(28)24(18)15(12)16(26)27)22-14(25)10-34(29)13-6-4-3-5-7-13/h3-7,18H,8-10H2,1-2H3,(H,22,25)(H,26,27)/t18-,20-,34?/m0/s1. The summed E-state index contributed by atoms with van der Waals surface area (Å²) in [6.07, 6.45) is 0. The Morgan fingerprint density at radius 1 is 1.41 bits per heavy atom. The number of hydrogen-bond donors (Lipinski definition) is 2. The van der Waals surface area contributed by atoms with E-state index in [1.54, 1.807) is 37.3 Å². The van der Waals surface area contributed by atoms with Crippen LogP contribution >= 0.6 is 35.1 Å². The first-order valence-electron chi connectivity index (χ1n) is 9.90. The van der Waals surface area contributed by atoms with Crippen LogP contribution in [-0.2, 0) is 30.3 Å². The zero-order valence-electron chi connectivity index (χ0n) is 18.0. The van der Waals surface area contributed by atoms with E-state index in [1.165, 1.54) is 42.2 Å². The average molecular weight is 541 g/mol. The number of carbonyl (C=O) groups excluding carboxylic acids is 2. The van der Waals surface area contributed by atoms with E-state index in [1.807, 2.05) is 0 Å². The normalized spacial score (nSPS) is 22.7. The molecule has 0 spiro atoms. The molecule has 1 saturated heterocycles. The van der Waals surface area contributed by atoms with Crippen LogP contribution in [0.15, 0.2) is 50.8 Å². The maximum Gasteiger partial charge on any atom is 0.352 e. The Bertz CT molecular complexity index is 1140. The predicted molar refractivity (Wildman–Crippen MR) is 129 cm³/mol. The third kappa shape index (κ3) is 4.70. The van der Waals surface area contributed by atoms with Crippen LogP contribution < -0.4 is 5.32 Å². The Balaban J connectivity index is 1.49. The van der Waals surface area contributed by atoms with E-state index in [4.69, 9.17) is 4.74 Å². The Morgan fingerprint density at radius 2 is 2.15 bits per heavy atom. The van der Waals surface area contributed by atoms with Crippen molar-refractivity contribution >= 4 is 64.0 Å². The van der Waals surface area contributed by atoms with E-state index in [-0.39, 0.29) is 11.4 Å². The molecule has 3 atom stereocenters. The smallest absolute Gasteiger partial charge is 0.352 e. The van der Waals surface area contributed by atoms with Crippen molar-refractivity contribution in [2.45, 2.75) is 27.3 Å². The van der Waals surface area contributed by atoms with Gasteiger partial charge in [0.1, 0.15) is 16.9 Å². The van der Waals surface area contributed by atoms with Crippen molar-refractivity contribution in [3.63, 3.8) is 0 Å². The first-order valence-corrected chi connectivity index (χ1v) is 14.0. The fraction of sp³-hybridized carbons (Fsp3) is 0.350. The molecule has 2 N–H and O–H groups in total. The highest BCUT2D eigenvalue weighted by Gasteiger charge is 2.66. The number of aromatic nitrogens is 2. The van der Waals surface area contributed by atoms with E-state index in [0.29, 0.717) is 32.1 Å². The molecule has 1 aromatic carbocycles. The maximum absolute atomic E-state index is 13.2.